The molecule has 0 spiro atoms. The Morgan fingerprint density at radius 2 is 1.30 bits per heavy atom. The molecule has 20 heavy (non-hydrogen) atoms. The molecule has 0 aliphatic carbocycles. The van der Waals surface area contributed by atoms with Crippen molar-refractivity contribution in [2.24, 2.45) is 0 Å². The van der Waals surface area contributed by atoms with Gasteiger partial charge in [0.05, 0.1) is 0 Å². The van der Waals surface area contributed by atoms with E-state index in [1.54, 1.807) is 0 Å². The Hall–Kier alpha value is -0.680. The maximum Gasteiger partial charge on any atom is 0.449 e. The minimum absolute atomic E-state index is 0.0351. The fraction of sp³-hybridized carbons (Fsp3) is 1.00. The predicted octanol–water partition coefficient (Wildman–Crippen LogP) is 2.36. The zero-order chi connectivity index (χ0) is 16.4. The number of alkyl halides is 8. The quantitative estimate of drug-likeness (QED) is 0.674. The highest BCUT2D eigenvalue weighted by Crippen LogP contribution is 2.58. The van der Waals surface area contributed by atoms with E-state index < -0.39 is 41.7 Å². The van der Waals surface area contributed by atoms with Crippen molar-refractivity contribution in [1.82, 2.24) is 0 Å². The zero-order valence-electron chi connectivity index (χ0n) is 10.0. The van der Waals surface area contributed by atoms with Crippen LogP contribution >= 0.6 is 0 Å². The van der Waals surface area contributed by atoms with Crippen molar-refractivity contribution in [1.29, 1.82) is 0 Å². The molecule has 1 rings (SSSR count). The average molecular weight is 318 g/mol. The van der Waals surface area contributed by atoms with Crippen molar-refractivity contribution in [3.8, 4) is 0 Å². The van der Waals surface area contributed by atoms with E-state index in [0.717, 1.165) is 0 Å². The second-order valence-electron chi connectivity index (χ2n) is 5.00. The molecule has 2 N–H and O–H groups in total. The van der Waals surface area contributed by atoms with Gasteiger partial charge in [0.15, 0.2) is 5.60 Å². The van der Waals surface area contributed by atoms with Crippen LogP contribution in [0.2, 0.25) is 0 Å². The van der Waals surface area contributed by atoms with Crippen LogP contribution in [0, 0.1) is 0 Å². The lowest BCUT2D eigenvalue weighted by molar-refractivity contribution is -0.514. The first-order chi connectivity index (χ1) is 8.41. The second kappa shape index (κ2) is 3.95. The van der Waals surface area contributed by atoms with E-state index in [-0.39, 0.29) is 13.8 Å². The van der Waals surface area contributed by atoms with E-state index in [1.165, 1.54) is 0 Å². The molecule has 1 saturated heterocycles. The predicted molar refractivity (Wildman–Crippen MR) is 46.7 cm³/mol. The summed E-state index contributed by atoms with van der Waals surface area (Å²) in [5.41, 5.74) is -7.60. The summed E-state index contributed by atoms with van der Waals surface area (Å²) in [6, 6.07) is 0. The largest absolute Gasteiger partial charge is 0.449 e. The molecule has 3 unspecified atom stereocenters. The molecule has 0 aromatic carbocycles. The third-order valence-corrected chi connectivity index (χ3v) is 3.14. The van der Waals surface area contributed by atoms with Crippen molar-refractivity contribution < 1.29 is 50.1 Å². The van der Waals surface area contributed by atoms with Crippen molar-refractivity contribution in [3.63, 3.8) is 0 Å². The van der Waals surface area contributed by atoms with Gasteiger partial charge in [-0.15, -0.1) is 0 Å². The van der Waals surface area contributed by atoms with Crippen LogP contribution in [-0.4, -0.2) is 45.5 Å². The first-order valence-corrected chi connectivity index (χ1v) is 5.07. The van der Waals surface area contributed by atoms with Crippen LogP contribution in [0.25, 0.3) is 0 Å². The summed E-state index contributed by atoms with van der Waals surface area (Å²) >= 11 is 0. The fourth-order valence-electron chi connectivity index (χ4n) is 1.95. The molecule has 1 fully saturated rings. The molecule has 1 aliphatic rings. The molecule has 120 valence electrons. The molecule has 0 radical (unpaired) electrons. The monoisotopic (exact) mass is 318 g/mol. The minimum Gasteiger partial charge on any atom is -0.384 e. The van der Waals surface area contributed by atoms with Gasteiger partial charge in [0.25, 0.3) is 0 Å². The van der Waals surface area contributed by atoms with Gasteiger partial charge in [-0.3, -0.25) is 0 Å². The Balaban J connectivity index is 3.51. The van der Waals surface area contributed by atoms with E-state index in [9.17, 15) is 40.2 Å². The summed E-state index contributed by atoms with van der Waals surface area (Å²) in [6.45, 7) is 0.101. The lowest BCUT2D eigenvalue weighted by Crippen LogP contribution is -2.77. The van der Waals surface area contributed by atoms with Gasteiger partial charge in [-0.25, -0.2) is 0 Å². The van der Waals surface area contributed by atoms with E-state index in [1.807, 2.05) is 0 Å². The normalized spacial score (nSPS) is 42.6. The molecule has 0 bridgehead atoms. The van der Waals surface area contributed by atoms with Crippen LogP contribution in [-0.2, 0) is 4.74 Å². The average Bonchev–Trinajstić information content (AvgIpc) is 2.10. The zero-order valence-corrected chi connectivity index (χ0v) is 10.0. The maximum atomic E-state index is 13.5. The van der Waals surface area contributed by atoms with Crippen LogP contribution in [0.15, 0.2) is 0 Å². The summed E-state index contributed by atoms with van der Waals surface area (Å²) in [7, 11) is 0. The third kappa shape index (κ3) is 2.06. The van der Waals surface area contributed by atoms with Crippen LogP contribution in [0.5, 0.6) is 0 Å². The first-order valence-electron chi connectivity index (χ1n) is 5.07. The van der Waals surface area contributed by atoms with Crippen molar-refractivity contribution in [3.05, 3.63) is 0 Å². The molecular formula is C9H10F8O3. The minimum atomic E-state index is -6.26. The molecule has 0 aromatic heterocycles. The van der Waals surface area contributed by atoms with Gasteiger partial charge in [-0.05, 0) is 13.8 Å². The summed E-state index contributed by atoms with van der Waals surface area (Å²) < 4.78 is 106. The fourth-order valence-corrected chi connectivity index (χ4v) is 1.95. The Labute approximate surface area is 107 Å². The third-order valence-electron chi connectivity index (χ3n) is 3.14. The van der Waals surface area contributed by atoms with E-state index in [0.29, 0.717) is 0 Å². The lowest BCUT2D eigenvalue weighted by atomic mass is 9.77. The maximum absolute atomic E-state index is 13.5. The molecule has 0 saturated carbocycles. The SMILES string of the molecule is CC1(O)CC(C)(C(F)(F)F)OC(O)(C(F)(F)F)C1(F)F. The summed E-state index contributed by atoms with van der Waals surface area (Å²) in [4.78, 5) is 0. The van der Waals surface area contributed by atoms with Crippen molar-refractivity contribution >= 4 is 0 Å². The Bertz CT molecular complexity index is 401. The smallest absolute Gasteiger partial charge is 0.384 e. The molecule has 1 aliphatic heterocycles. The lowest BCUT2D eigenvalue weighted by Gasteiger charge is -2.54. The highest BCUT2D eigenvalue weighted by Gasteiger charge is 2.83. The topological polar surface area (TPSA) is 49.7 Å². The van der Waals surface area contributed by atoms with Gasteiger partial charge in [-0.1, -0.05) is 0 Å². The van der Waals surface area contributed by atoms with Gasteiger partial charge in [-0.2, -0.15) is 35.1 Å². The van der Waals surface area contributed by atoms with Gasteiger partial charge in [0.2, 0.25) is 0 Å². The number of hydrogen-bond acceptors (Lipinski definition) is 3. The summed E-state index contributed by atoms with van der Waals surface area (Å²) in [5.74, 6) is -10.9. The van der Waals surface area contributed by atoms with Crippen LogP contribution in [0.4, 0.5) is 35.1 Å². The number of aliphatic hydroxyl groups is 2. The van der Waals surface area contributed by atoms with Crippen LogP contribution < -0.4 is 0 Å². The van der Waals surface area contributed by atoms with Gasteiger partial charge in [0, 0.05) is 6.42 Å². The number of halogens is 8. The first kappa shape index (κ1) is 17.4. The Kier molecular flexibility index (Phi) is 3.43. The van der Waals surface area contributed by atoms with Gasteiger partial charge >= 0.3 is 24.1 Å². The molecular weight excluding hydrogens is 308 g/mol. The number of hydrogen-bond donors (Lipinski definition) is 2. The molecule has 3 nitrogen and oxygen atoms in total. The van der Waals surface area contributed by atoms with Crippen LogP contribution in [0.3, 0.4) is 0 Å². The number of rotatable bonds is 0. The molecule has 3 atom stereocenters. The Morgan fingerprint density at radius 1 is 0.900 bits per heavy atom. The van der Waals surface area contributed by atoms with Crippen LogP contribution in [0.1, 0.15) is 20.3 Å². The summed E-state index contributed by atoms with van der Waals surface area (Å²) in [5, 5.41) is 18.3. The van der Waals surface area contributed by atoms with Gasteiger partial charge in [0.1, 0.15) is 5.60 Å². The molecule has 1 heterocycles. The standard InChI is InChI=1S/C9H10F8O3/c1-4(18)3-5(2,8(12,13)14)20-7(19,6(4,10)11)9(15,16)17/h18-19H,3H2,1-2H3. The van der Waals surface area contributed by atoms with E-state index in [4.69, 9.17) is 5.11 Å². The molecule has 11 heteroatoms. The van der Waals surface area contributed by atoms with E-state index in [2.05, 4.69) is 4.74 Å². The Morgan fingerprint density at radius 3 is 1.60 bits per heavy atom. The molecule has 0 aromatic rings. The highest BCUT2D eigenvalue weighted by molar-refractivity contribution is 5.12. The molecule has 0 amide bonds. The van der Waals surface area contributed by atoms with E-state index >= 15 is 0 Å². The summed E-state index contributed by atoms with van der Waals surface area (Å²) in [6.07, 6.45) is -13.7. The highest BCUT2D eigenvalue weighted by atomic mass is 19.4. The van der Waals surface area contributed by atoms with Crippen molar-refractivity contribution in [2.45, 2.75) is 55.5 Å². The van der Waals surface area contributed by atoms with Gasteiger partial charge < -0.3 is 14.9 Å². The number of ether oxygens (including phenoxy) is 1. The van der Waals surface area contributed by atoms with Crippen molar-refractivity contribution in [2.75, 3.05) is 0 Å². The second-order valence-corrected chi connectivity index (χ2v) is 5.00.